The predicted molar refractivity (Wildman–Crippen MR) is 97.6 cm³/mol. The van der Waals surface area contributed by atoms with Gasteiger partial charge in [0.15, 0.2) is 12.2 Å². The molecule has 1 aromatic carbocycles. The molecule has 1 aliphatic heterocycles. The molecule has 2 rings (SSSR count). The van der Waals surface area contributed by atoms with Crippen LogP contribution in [0.3, 0.4) is 0 Å². The number of rotatable bonds is 7. The van der Waals surface area contributed by atoms with E-state index < -0.39 is 59.4 Å². The summed E-state index contributed by atoms with van der Waals surface area (Å²) >= 11 is 0. The van der Waals surface area contributed by atoms with Crippen LogP contribution in [0.4, 0.5) is 4.79 Å². The van der Waals surface area contributed by atoms with Crippen molar-refractivity contribution in [2.75, 3.05) is 13.7 Å². The first-order valence-electron chi connectivity index (χ1n) is 8.74. The molecular formula is C18H22O11S. The van der Waals surface area contributed by atoms with Crippen LogP contribution in [0.1, 0.15) is 19.4 Å². The Hall–Kier alpha value is -2.70. The first kappa shape index (κ1) is 23.6. The Labute approximate surface area is 173 Å². The van der Waals surface area contributed by atoms with Gasteiger partial charge in [0.05, 0.1) is 12.0 Å². The van der Waals surface area contributed by atoms with E-state index in [1.54, 1.807) is 19.1 Å². The summed E-state index contributed by atoms with van der Waals surface area (Å²) in [6.07, 6.45) is -6.69. The monoisotopic (exact) mass is 446 g/mol. The van der Waals surface area contributed by atoms with Gasteiger partial charge in [0.2, 0.25) is 6.29 Å². The van der Waals surface area contributed by atoms with Crippen molar-refractivity contribution in [1.29, 1.82) is 0 Å². The van der Waals surface area contributed by atoms with Crippen molar-refractivity contribution < 1.29 is 50.7 Å². The van der Waals surface area contributed by atoms with E-state index in [4.69, 9.17) is 23.1 Å². The molecular weight excluding hydrogens is 424 g/mol. The summed E-state index contributed by atoms with van der Waals surface area (Å²) in [6, 6.07) is 5.82. The molecule has 1 heterocycles. The van der Waals surface area contributed by atoms with E-state index in [0.29, 0.717) is 0 Å². The van der Waals surface area contributed by atoms with Gasteiger partial charge in [-0.15, -0.1) is 0 Å². The number of carbonyl (C=O) groups excluding carboxylic acids is 3. The van der Waals surface area contributed by atoms with Gasteiger partial charge in [-0.25, -0.2) is 4.79 Å². The summed E-state index contributed by atoms with van der Waals surface area (Å²) in [6.45, 7) is 3.43. The number of methoxy groups -OCH3 is 1. The first-order valence-corrected chi connectivity index (χ1v) is 10.1. The van der Waals surface area contributed by atoms with Crippen LogP contribution in [0.5, 0.6) is 0 Å². The van der Waals surface area contributed by atoms with Gasteiger partial charge in [0.1, 0.15) is 12.7 Å². The van der Waals surface area contributed by atoms with Gasteiger partial charge < -0.3 is 23.7 Å². The highest BCUT2D eigenvalue weighted by Gasteiger charge is 2.52. The van der Waals surface area contributed by atoms with E-state index in [-0.39, 0.29) is 4.90 Å². The fourth-order valence-electron chi connectivity index (χ4n) is 2.63. The lowest BCUT2D eigenvalue weighted by molar-refractivity contribution is -0.196. The lowest BCUT2D eigenvalue weighted by Crippen LogP contribution is -2.42. The molecule has 0 spiro atoms. The molecule has 0 aliphatic carbocycles. The van der Waals surface area contributed by atoms with Crippen LogP contribution in [-0.4, -0.2) is 64.8 Å². The molecule has 1 aliphatic rings. The zero-order valence-corrected chi connectivity index (χ0v) is 17.5. The third-order valence-electron chi connectivity index (χ3n) is 3.93. The Morgan fingerprint density at radius 3 is 2.13 bits per heavy atom. The molecule has 1 saturated heterocycles. The van der Waals surface area contributed by atoms with Crippen molar-refractivity contribution in [2.45, 2.75) is 50.3 Å². The molecule has 0 bridgehead atoms. The molecule has 0 radical (unpaired) electrons. The number of esters is 2. The van der Waals surface area contributed by atoms with Crippen LogP contribution >= 0.6 is 0 Å². The maximum absolute atomic E-state index is 12.7. The molecule has 0 aromatic heterocycles. The van der Waals surface area contributed by atoms with Crippen LogP contribution in [-0.2, 0) is 47.6 Å². The Kier molecular flexibility index (Phi) is 7.76. The molecule has 0 amide bonds. The molecule has 0 saturated carbocycles. The molecule has 4 unspecified atom stereocenters. The van der Waals surface area contributed by atoms with Crippen LogP contribution in [0.15, 0.2) is 29.2 Å². The normalized spacial score (nSPS) is 23.5. The fraction of sp³-hybridized carbons (Fsp3) is 0.500. The maximum Gasteiger partial charge on any atom is 0.508 e. The molecule has 0 N–H and O–H groups in total. The third-order valence-corrected chi connectivity index (χ3v) is 5.26. The van der Waals surface area contributed by atoms with Crippen LogP contribution in [0, 0.1) is 6.92 Å². The number of benzene rings is 1. The van der Waals surface area contributed by atoms with Gasteiger partial charge in [-0.2, -0.15) is 8.42 Å². The lowest BCUT2D eigenvalue weighted by Gasteiger charge is -2.23. The highest BCUT2D eigenvalue weighted by atomic mass is 32.2. The van der Waals surface area contributed by atoms with Gasteiger partial charge in [0.25, 0.3) is 10.1 Å². The van der Waals surface area contributed by atoms with E-state index in [1.807, 2.05) is 0 Å². The largest absolute Gasteiger partial charge is 0.508 e. The zero-order valence-electron chi connectivity index (χ0n) is 16.7. The molecule has 30 heavy (non-hydrogen) atoms. The molecule has 1 fully saturated rings. The summed E-state index contributed by atoms with van der Waals surface area (Å²) in [4.78, 5) is 34.1. The van der Waals surface area contributed by atoms with Crippen molar-refractivity contribution in [1.82, 2.24) is 0 Å². The van der Waals surface area contributed by atoms with E-state index in [1.165, 1.54) is 12.1 Å². The smallest absolute Gasteiger partial charge is 0.453 e. The Morgan fingerprint density at radius 2 is 1.60 bits per heavy atom. The van der Waals surface area contributed by atoms with E-state index in [2.05, 4.69) is 4.74 Å². The van der Waals surface area contributed by atoms with Crippen molar-refractivity contribution in [2.24, 2.45) is 0 Å². The summed E-state index contributed by atoms with van der Waals surface area (Å²) in [5, 5.41) is 0. The van der Waals surface area contributed by atoms with Crippen LogP contribution in [0.25, 0.3) is 0 Å². The minimum Gasteiger partial charge on any atom is -0.453 e. The molecule has 4 atom stereocenters. The molecule has 12 heteroatoms. The summed E-state index contributed by atoms with van der Waals surface area (Å²) in [5.41, 5.74) is 0.829. The molecule has 166 valence electrons. The average molecular weight is 446 g/mol. The second kappa shape index (κ2) is 9.87. The lowest BCUT2D eigenvalue weighted by atomic mass is 10.1. The van der Waals surface area contributed by atoms with Crippen LogP contribution < -0.4 is 0 Å². The second-order valence-electron chi connectivity index (χ2n) is 6.32. The highest BCUT2D eigenvalue weighted by Crippen LogP contribution is 2.31. The third kappa shape index (κ3) is 6.15. The van der Waals surface area contributed by atoms with Crippen molar-refractivity contribution >= 4 is 28.2 Å². The number of hydrogen-bond acceptors (Lipinski definition) is 11. The minimum atomic E-state index is -4.34. The van der Waals surface area contributed by atoms with Crippen molar-refractivity contribution in [3.63, 3.8) is 0 Å². The van der Waals surface area contributed by atoms with Gasteiger partial charge in [-0.3, -0.25) is 13.8 Å². The van der Waals surface area contributed by atoms with Gasteiger partial charge in [-0.05, 0) is 19.1 Å². The second-order valence-corrected chi connectivity index (χ2v) is 7.89. The highest BCUT2D eigenvalue weighted by molar-refractivity contribution is 7.86. The molecule has 11 nitrogen and oxygen atoms in total. The number of hydrogen-bond donors (Lipinski definition) is 0. The summed E-state index contributed by atoms with van der Waals surface area (Å²) in [5.74, 6) is -1.57. The van der Waals surface area contributed by atoms with Crippen molar-refractivity contribution in [3.05, 3.63) is 29.8 Å². The van der Waals surface area contributed by atoms with E-state index >= 15 is 0 Å². The topological polar surface area (TPSA) is 141 Å². The number of ether oxygens (including phenoxy) is 5. The number of carbonyl (C=O) groups is 3. The minimum absolute atomic E-state index is 0.154. The number of aryl methyl sites for hydroxylation is 1. The van der Waals surface area contributed by atoms with Gasteiger partial charge in [-0.1, -0.05) is 17.7 Å². The molecule has 1 aromatic rings. The summed E-state index contributed by atoms with van der Waals surface area (Å²) < 4.78 is 55.4. The zero-order chi connectivity index (χ0) is 22.5. The quantitative estimate of drug-likeness (QED) is 0.337. The Balaban J connectivity index is 2.34. The Morgan fingerprint density at radius 1 is 1.00 bits per heavy atom. The maximum atomic E-state index is 12.7. The Bertz CT molecular complexity index is 878. The fourth-order valence-corrected chi connectivity index (χ4v) is 3.74. The van der Waals surface area contributed by atoms with Crippen LogP contribution in [0.2, 0.25) is 0 Å². The van der Waals surface area contributed by atoms with Crippen molar-refractivity contribution in [3.8, 4) is 0 Å². The van der Waals surface area contributed by atoms with E-state index in [9.17, 15) is 22.8 Å². The van der Waals surface area contributed by atoms with Gasteiger partial charge >= 0.3 is 18.1 Å². The summed E-state index contributed by atoms with van der Waals surface area (Å²) in [7, 11) is -3.26. The predicted octanol–water partition coefficient (Wildman–Crippen LogP) is 1.07. The average Bonchev–Trinajstić information content (AvgIpc) is 2.95. The van der Waals surface area contributed by atoms with E-state index in [0.717, 1.165) is 26.5 Å². The van der Waals surface area contributed by atoms with Gasteiger partial charge in [0, 0.05) is 13.8 Å². The first-order chi connectivity index (χ1) is 14.0. The standard InChI is InChI=1S/C18H22O11S/c1-10-5-7-13(8-6-10)30(22,23)29-15-14(9-25-18(21)24-4)28-17(27-12(3)20)16(15)26-11(2)19/h5-8,14-17H,9H2,1-4H3. The SMILES string of the molecule is COC(=O)OCC1OC(OC(C)=O)C(OC(C)=O)C1OS(=O)(=O)c1ccc(C)cc1.